The topological polar surface area (TPSA) is 55.8 Å². The van der Waals surface area contributed by atoms with Gasteiger partial charge in [-0.1, -0.05) is 60.7 Å². The molecule has 0 spiro atoms. The number of fused-ring (bicyclic) bond motifs is 1. The molecule has 1 N–H and O–H groups in total. The molecule has 29 heavy (non-hydrogen) atoms. The van der Waals surface area contributed by atoms with Gasteiger partial charge in [0, 0.05) is 16.4 Å². The smallest absolute Gasteiger partial charge is 0.315 e. The van der Waals surface area contributed by atoms with E-state index in [0.717, 1.165) is 21.6 Å². The lowest BCUT2D eigenvalue weighted by Gasteiger charge is -2.37. The van der Waals surface area contributed by atoms with Gasteiger partial charge in [-0.3, -0.25) is 4.79 Å². The number of aliphatic hydroxyl groups is 1. The normalized spacial score (nSPS) is 20.4. The highest BCUT2D eigenvalue weighted by Crippen LogP contribution is 2.48. The van der Waals surface area contributed by atoms with Gasteiger partial charge in [0.05, 0.1) is 18.8 Å². The van der Waals surface area contributed by atoms with Crippen LogP contribution in [0.25, 0.3) is 0 Å². The maximum Gasteiger partial charge on any atom is 0.315 e. The summed E-state index contributed by atoms with van der Waals surface area (Å²) < 4.78 is 10.6. The van der Waals surface area contributed by atoms with Gasteiger partial charge in [-0.05, 0) is 29.3 Å². The molecule has 1 heterocycles. The Kier molecular flexibility index (Phi) is 5.88. The first-order valence-electron chi connectivity index (χ1n) is 9.45. The Morgan fingerprint density at radius 1 is 0.966 bits per heavy atom. The number of aliphatic hydroxyl groups excluding tert-OH is 1. The lowest BCUT2D eigenvalue weighted by molar-refractivity contribution is -0.137. The summed E-state index contributed by atoms with van der Waals surface area (Å²) in [6.07, 6.45) is -0.939. The number of methoxy groups -OCH3 is 1. The van der Waals surface area contributed by atoms with Crippen LogP contribution in [0.3, 0.4) is 0 Å². The monoisotopic (exact) mass is 406 g/mol. The van der Waals surface area contributed by atoms with Gasteiger partial charge in [-0.15, -0.1) is 11.8 Å². The molecule has 0 aliphatic carbocycles. The summed E-state index contributed by atoms with van der Waals surface area (Å²) in [7, 11) is 1.39. The molecule has 0 radical (unpaired) electrons. The molecule has 3 atom stereocenters. The number of thioether (sulfide) groups is 1. The molecule has 0 bridgehead atoms. The van der Waals surface area contributed by atoms with E-state index in [0.29, 0.717) is 5.75 Å². The number of rotatable bonds is 5. The van der Waals surface area contributed by atoms with Crippen molar-refractivity contribution in [3.8, 4) is 5.75 Å². The predicted molar refractivity (Wildman–Crippen MR) is 113 cm³/mol. The van der Waals surface area contributed by atoms with Crippen molar-refractivity contribution in [1.82, 2.24) is 0 Å². The van der Waals surface area contributed by atoms with E-state index in [-0.39, 0.29) is 23.6 Å². The highest BCUT2D eigenvalue weighted by Gasteiger charge is 2.39. The van der Waals surface area contributed by atoms with E-state index in [1.165, 1.54) is 18.9 Å². The average molecular weight is 407 g/mol. The second kappa shape index (κ2) is 8.72. The van der Waals surface area contributed by atoms with Gasteiger partial charge < -0.3 is 14.6 Å². The summed E-state index contributed by atoms with van der Waals surface area (Å²) in [5.41, 5.74) is 3.18. The van der Waals surface area contributed by atoms with Crippen molar-refractivity contribution < 1.29 is 19.4 Å². The van der Waals surface area contributed by atoms with Crippen LogP contribution in [0.5, 0.6) is 5.75 Å². The van der Waals surface area contributed by atoms with Crippen LogP contribution < -0.4 is 4.74 Å². The van der Waals surface area contributed by atoms with E-state index >= 15 is 0 Å². The second-order valence-corrected chi connectivity index (χ2v) is 7.94. The molecule has 5 heteroatoms. The Morgan fingerprint density at radius 2 is 1.66 bits per heavy atom. The van der Waals surface area contributed by atoms with E-state index < -0.39 is 6.29 Å². The fourth-order valence-corrected chi connectivity index (χ4v) is 4.53. The van der Waals surface area contributed by atoms with Crippen LogP contribution in [0, 0.1) is 0 Å². The van der Waals surface area contributed by atoms with Crippen LogP contribution in [0.4, 0.5) is 0 Å². The molecule has 3 aromatic rings. The van der Waals surface area contributed by atoms with Gasteiger partial charge >= 0.3 is 5.97 Å². The van der Waals surface area contributed by atoms with E-state index in [1.807, 2.05) is 60.7 Å². The average Bonchev–Trinajstić information content (AvgIpc) is 2.77. The van der Waals surface area contributed by atoms with Crippen molar-refractivity contribution in [2.24, 2.45) is 0 Å². The molecule has 0 amide bonds. The molecule has 3 unspecified atom stereocenters. The molecule has 148 valence electrons. The van der Waals surface area contributed by atoms with Gasteiger partial charge in [0.15, 0.2) is 0 Å². The maximum atomic E-state index is 11.4. The predicted octanol–water partition coefficient (Wildman–Crippen LogP) is 4.58. The largest absolute Gasteiger partial charge is 0.468 e. The van der Waals surface area contributed by atoms with E-state index in [2.05, 4.69) is 18.2 Å². The van der Waals surface area contributed by atoms with Gasteiger partial charge in [0.2, 0.25) is 6.29 Å². The number of benzene rings is 3. The van der Waals surface area contributed by atoms with E-state index in [4.69, 9.17) is 9.47 Å². The van der Waals surface area contributed by atoms with Crippen molar-refractivity contribution in [3.05, 3.63) is 95.6 Å². The molecule has 4 rings (SSSR count). The Bertz CT molecular complexity index is 972. The molecular weight excluding hydrogens is 384 g/mol. The summed E-state index contributed by atoms with van der Waals surface area (Å²) in [5, 5.41) is 10.9. The molecule has 0 saturated carbocycles. The molecule has 1 aliphatic rings. The third-order valence-electron chi connectivity index (χ3n) is 5.18. The highest BCUT2D eigenvalue weighted by molar-refractivity contribution is 8.00. The van der Waals surface area contributed by atoms with Crippen LogP contribution in [0.2, 0.25) is 0 Å². The fourth-order valence-electron chi connectivity index (χ4n) is 3.80. The lowest BCUT2D eigenvalue weighted by atomic mass is 9.75. The summed E-state index contributed by atoms with van der Waals surface area (Å²) >= 11 is 1.44. The number of para-hydroxylation sites is 1. The van der Waals surface area contributed by atoms with Crippen LogP contribution in [0.15, 0.2) is 83.8 Å². The highest BCUT2D eigenvalue weighted by atomic mass is 32.2. The number of hydrogen-bond acceptors (Lipinski definition) is 5. The Hall–Kier alpha value is -2.76. The van der Waals surface area contributed by atoms with Crippen LogP contribution in [-0.2, 0) is 9.53 Å². The quantitative estimate of drug-likeness (QED) is 0.497. The van der Waals surface area contributed by atoms with Crippen molar-refractivity contribution >= 4 is 17.7 Å². The molecule has 4 nitrogen and oxygen atoms in total. The number of ether oxygens (including phenoxy) is 2. The zero-order valence-electron chi connectivity index (χ0n) is 16.0. The van der Waals surface area contributed by atoms with Gasteiger partial charge in [0.1, 0.15) is 5.75 Å². The lowest BCUT2D eigenvalue weighted by Crippen LogP contribution is -2.34. The van der Waals surface area contributed by atoms with Crippen molar-refractivity contribution in [2.45, 2.75) is 23.0 Å². The maximum absolute atomic E-state index is 11.4. The minimum atomic E-state index is -0.939. The number of carbonyl (C=O) groups excluding carboxylic acids is 1. The number of hydrogen-bond donors (Lipinski definition) is 1. The second-order valence-electron chi connectivity index (χ2n) is 6.89. The molecule has 3 aromatic carbocycles. The van der Waals surface area contributed by atoms with Gasteiger partial charge in [-0.25, -0.2) is 0 Å². The first-order chi connectivity index (χ1) is 14.2. The van der Waals surface area contributed by atoms with Crippen LogP contribution in [0.1, 0.15) is 28.5 Å². The third kappa shape index (κ3) is 4.16. The molecule has 0 saturated heterocycles. The van der Waals surface area contributed by atoms with Gasteiger partial charge in [0.25, 0.3) is 0 Å². The van der Waals surface area contributed by atoms with Crippen molar-refractivity contribution in [1.29, 1.82) is 0 Å². The Labute approximate surface area is 174 Å². The Morgan fingerprint density at radius 3 is 2.38 bits per heavy atom. The Balaban J connectivity index is 1.70. The van der Waals surface area contributed by atoms with Gasteiger partial charge in [-0.2, -0.15) is 0 Å². The first-order valence-corrected chi connectivity index (χ1v) is 10.4. The molecular formula is C24H22O4S. The SMILES string of the molecule is COC(=O)CSc1ccc(C2c3ccccc3OC(O)C2c2ccccc2)cc1. The minimum Gasteiger partial charge on any atom is -0.468 e. The minimum absolute atomic E-state index is 0.0444. The summed E-state index contributed by atoms with van der Waals surface area (Å²) in [6.45, 7) is 0. The van der Waals surface area contributed by atoms with E-state index in [9.17, 15) is 9.90 Å². The molecule has 1 aliphatic heterocycles. The molecule has 0 aromatic heterocycles. The van der Waals surface area contributed by atoms with Crippen LogP contribution >= 0.6 is 11.8 Å². The summed E-state index contributed by atoms with van der Waals surface area (Å²) in [5.74, 6) is 0.476. The zero-order valence-corrected chi connectivity index (χ0v) is 16.8. The summed E-state index contributed by atoms with van der Waals surface area (Å²) in [6, 6.07) is 26.0. The van der Waals surface area contributed by atoms with Crippen molar-refractivity contribution in [3.63, 3.8) is 0 Å². The molecule has 0 fully saturated rings. The number of esters is 1. The van der Waals surface area contributed by atoms with E-state index in [1.54, 1.807) is 0 Å². The standard InChI is InChI=1S/C24H22O4S/c1-27-21(25)15-29-18-13-11-17(12-14-18)22-19-9-5-6-10-20(19)28-24(26)23(22)16-7-3-2-4-8-16/h2-14,22-24,26H,15H2,1H3. The van der Waals surface area contributed by atoms with Crippen molar-refractivity contribution in [2.75, 3.05) is 12.9 Å². The van der Waals surface area contributed by atoms with Crippen LogP contribution in [-0.4, -0.2) is 30.2 Å². The first kappa shape index (κ1) is 19.6. The zero-order chi connectivity index (χ0) is 20.2. The third-order valence-corrected chi connectivity index (χ3v) is 6.16. The fraction of sp³-hybridized carbons (Fsp3) is 0.208. The summed E-state index contributed by atoms with van der Waals surface area (Å²) in [4.78, 5) is 12.4. The number of carbonyl (C=O) groups is 1.